The van der Waals surface area contributed by atoms with E-state index in [0.717, 1.165) is 11.3 Å². The van der Waals surface area contributed by atoms with Crippen LogP contribution >= 0.6 is 11.8 Å². The average Bonchev–Trinajstić information content (AvgIpc) is 3.22. The Labute approximate surface area is 162 Å². The topological polar surface area (TPSA) is 100 Å². The van der Waals surface area contributed by atoms with E-state index in [1.807, 2.05) is 35.8 Å². The van der Waals surface area contributed by atoms with Gasteiger partial charge in [0.2, 0.25) is 0 Å². The maximum Gasteiger partial charge on any atom is 0.316 e. The Bertz CT molecular complexity index is 909. The summed E-state index contributed by atoms with van der Waals surface area (Å²) in [4.78, 5) is 12.0. The van der Waals surface area contributed by atoms with Crippen LogP contribution in [0, 0.1) is 0 Å². The van der Waals surface area contributed by atoms with Gasteiger partial charge in [-0.1, -0.05) is 11.8 Å². The van der Waals surface area contributed by atoms with Crippen molar-refractivity contribution in [2.45, 2.75) is 31.1 Å². The number of rotatable bonds is 7. The van der Waals surface area contributed by atoms with Gasteiger partial charge in [-0.3, -0.25) is 4.79 Å². The smallest absolute Gasteiger partial charge is 0.316 e. The first-order valence-corrected chi connectivity index (χ1v) is 11.3. The predicted octanol–water partition coefficient (Wildman–Crippen LogP) is 1.80. The van der Waals surface area contributed by atoms with Gasteiger partial charge >= 0.3 is 5.97 Å². The lowest BCUT2D eigenvalue weighted by Crippen LogP contribution is -2.20. The minimum Gasteiger partial charge on any atom is -0.497 e. The highest BCUT2D eigenvalue weighted by molar-refractivity contribution is 7.99. The molecule has 8 nitrogen and oxygen atoms in total. The summed E-state index contributed by atoms with van der Waals surface area (Å²) < 4.78 is 35.2. The number of carbonyl (C=O) groups excluding carboxylic acids is 1. The Hall–Kier alpha value is -2.07. The molecule has 1 aromatic carbocycles. The first kappa shape index (κ1) is 19.7. The van der Waals surface area contributed by atoms with E-state index in [-0.39, 0.29) is 17.3 Å². The lowest BCUT2D eigenvalue weighted by Gasteiger charge is -2.10. The van der Waals surface area contributed by atoms with E-state index in [9.17, 15) is 13.2 Å². The van der Waals surface area contributed by atoms with Crippen molar-refractivity contribution in [3.05, 3.63) is 24.3 Å². The van der Waals surface area contributed by atoms with Gasteiger partial charge in [0.15, 0.2) is 20.8 Å². The third-order valence-electron chi connectivity index (χ3n) is 4.19. The monoisotopic (exact) mass is 411 g/mol. The van der Waals surface area contributed by atoms with E-state index < -0.39 is 21.9 Å². The normalized spacial score (nSPS) is 18.4. The van der Waals surface area contributed by atoms with Crippen molar-refractivity contribution in [3.8, 4) is 17.1 Å². The Morgan fingerprint density at radius 3 is 2.63 bits per heavy atom. The molecule has 2 aromatic rings. The number of aromatic nitrogens is 3. The van der Waals surface area contributed by atoms with E-state index in [4.69, 9.17) is 9.47 Å². The van der Waals surface area contributed by atoms with Crippen molar-refractivity contribution in [3.63, 3.8) is 0 Å². The molecule has 0 bridgehead atoms. The summed E-state index contributed by atoms with van der Waals surface area (Å²) in [6, 6.07) is 7.50. The van der Waals surface area contributed by atoms with Gasteiger partial charge in [0, 0.05) is 12.1 Å². The van der Waals surface area contributed by atoms with Crippen LogP contribution in [0.5, 0.6) is 5.75 Å². The second kappa shape index (κ2) is 8.30. The Balaban J connectivity index is 1.63. The summed E-state index contributed by atoms with van der Waals surface area (Å²) in [5.41, 5.74) is 0.899. The van der Waals surface area contributed by atoms with Gasteiger partial charge in [0.25, 0.3) is 0 Å². The number of methoxy groups -OCH3 is 1. The number of nitrogens with zero attached hydrogens (tertiary/aromatic N) is 3. The molecule has 0 amide bonds. The van der Waals surface area contributed by atoms with Crippen LogP contribution in [0.15, 0.2) is 29.4 Å². The maximum absolute atomic E-state index is 12.0. The Morgan fingerprint density at radius 2 is 2.04 bits per heavy atom. The standard InChI is InChI=1S/C17H21N3O5S2/c1-3-20-16(12-4-6-13(24-2)7-5-12)18-19-17(20)26-10-15(21)25-14-8-9-27(22,23)11-14/h4-7,14H,3,8-11H2,1-2H3/t14-/m0/s1. The molecule has 0 radical (unpaired) electrons. The predicted molar refractivity (Wildman–Crippen MR) is 102 cm³/mol. The van der Waals surface area contributed by atoms with Crippen LogP contribution in [0.4, 0.5) is 0 Å². The van der Waals surface area contributed by atoms with Crippen LogP contribution in [0.25, 0.3) is 11.4 Å². The number of esters is 1. The second-order valence-electron chi connectivity index (χ2n) is 6.08. The van der Waals surface area contributed by atoms with E-state index in [1.165, 1.54) is 11.8 Å². The van der Waals surface area contributed by atoms with Gasteiger partial charge in [0.1, 0.15) is 11.9 Å². The summed E-state index contributed by atoms with van der Waals surface area (Å²) in [6.45, 7) is 2.62. The molecule has 0 aliphatic carbocycles. The Kier molecular flexibility index (Phi) is 6.05. The summed E-state index contributed by atoms with van der Waals surface area (Å²) in [5, 5.41) is 9.02. The molecule has 1 atom stereocenters. The fraction of sp³-hybridized carbons (Fsp3) is 0.471. The molecule has 0 unspecified atom stereocenters. The molecule has 27 heavy (non-hydrogen) atoms. The zero-order chi connectivity index (χ0) is 19.4. The van der Waals surface area contributed by atoms with E-state index in [2.05, 4.69) is 10.2 Å². The summed E-state index contributed by atoms with van der Waals surface area (Å²) in [6.07, 6.45) is -0.173. The zero-order valence-electron chi connectivity index (χ0n) is 15.1. The highest BCUT2D eigenvalue weighted by atomic mass is 32.2. The molecule has 10 heteroatoms. The van der Waals surface area contributed by atoms with E-state index >= 15 is 0 Å². The van der Waals surface area contributed by atoms with Gasteiger partial charge in [-0.15, -0.1) is 10.2 Å². The molecule has 146 valence electrons. The van der Waals surface area contributed by atoms with Crippen LogP contribution in [0.1, 0.15) is 13.3 Å². The van der Waals surface area contributed by atoms with Crippen LogP contribution < -0.4 is 4.74 Å². The number of benzene rings is 1. The van der Waals surface area contributed by atoms with Gasteiger partial charge < -0.3 is 14.0 Å². The van der Waals surface area contributed by atoms with Crippen LogP contribution in [-0.4, -0.2) is 59.6 Å². The second-order valence-corrected chi connectivity index (χ2v) is 9.25. The minimum absolute atomic E-state index is 0.0529. The highest BCUT2D eigenvalue weighted by Crippen LogP contribution is 2.26. The number of thioether (sulfide) groups is 1. The van der Waals surface area contributed by atoms with Crippen LogP contribution in [0.3, 0.4) is 0 Å². The van der Waals surface area contributed by atoms with Crippen molar-refractivity contribution < 1.29 is 22.7 Å². The molecule has 3 rings (SSSR count). The van der Waals surface area contributed by atoms with Gasteiger partial charge in [-0.05, 0) is 37.6 Å². The summed E-state index contributed by atoms with van der Waals surface area (Å²) >= 11 is 1.23. The number of hydrogen-bond donors (Lipinski definition) is 0. The highest BCUT2D eigenvalue weighted by Gasteiger charge is 2.30. The van der Waals surface area contributed by atoms with Crippen molar-refractivity contribution in [2.24, 2.45) is 0 Å². The number of hydrogen-bond acceptors (Lipinski definition) is 8. The zero-order valence-corrected chi connectivity index (χ0v) is 16.8. The summed E-state index contributed by atoms with van der Waals surface area (Å²) in [7, 11) is -1.46. The van der Waals surface area contributed by atoms with Gasteiger partial charge in [0.05, 0.1) is 24.4 Å². The molecule has 2 heterocycles. The van der Waals surface area contributed by atoms with E-state index in [0.29, 0.717) is 23.9 Å². The van der Waals surface area contributed by atoms with Crippen molar-refractivity contribution in [2.75, 3.05) is 24.4 Å². The van der Waals surface area contributed by atoms with Crippen molar-refractivity contribution in [1.29, 1.82) is 0 Å². The number of sulfone groups is 1. The third-order valence-corrected chi connectivity index (χ3v) is 6.87. The number of ether oxygens (including phenoxy) is 2. The van der Waals surface area contributed by atoms with Gasteiger partial charge in [-0.25, -0.2) is 8.42 Å². The molecular formula is C17H21N3O5S2. The van der Waals surface area contributed by atoms with Crippen LogP contribution in [0.2, 0.25) is 0 Å². The first-order chi connectivity index (χ1) is 12.9. The first-order valence-electron chi connectivity index (χ1n) is 8.52. The SMILES string of the molecule is CCn1c(SCC(=O)O[C@H]2CCS(=O)(=O)C2)nnc1-c1ccc(OC)cc1. The maximum atomic E-state index is 12.0. The molecule has 1 fully saturated rings. The lowest BCUT2D eigenvalue weighted by atomic mass is 10.2. The quantitative estimate of drug-likeness (QED) is 0.502. The van der Waals surface area contributed by atoms with E-state index in [1.54, 1.807) is 7.11 Å². The summed E-state index contributed by atoms with van der Waals surface area (Å²) in [5.74, 6) is 1.06. The lowest BCUT2D eigenvalue weighted by molar-refractivity contribution is -0.144. The number of carbonyl (C=O) groups is 1. The molecule has 0 N–H and O–H groups in total. The van der Waals surface area contributed by atoms with Gasteiger partial charge in [-0.2, -0.15) is 0 Å². The molecule has 0 saturated carbocycles. The molecule has 0 spiro atoms. The molecule has 1 saturated heterocycles. The molecule has 1 aromatic heterocycles. The fourth-order valence-electron chi connectivity index (χ4n) is 2.83. The minimum atomic E-state index is -3.07. The largest absolute Gasteiger partial charge is 0.497 e. The van der Waals surface area contributed by atoms with Crippen molar-refractivity contribution >= 4 is 27.6 Å². The Morgan fingerprint density at radius 1 is 1.30 bits per heavy atom. The fourth-order valence-corrected chi connectivity index (χ4v) is 5.21. The van der Waals surface area contributed by atoms with Crippen molar-refractivity contribution in [1.82, 2.24) is 14.8 Å². The third kappa shape index (κ3) is 4.81. The molecule has 1 aliphatic heterocycles. The van der Waals surface area contributed by atoms with Crippen LogP contribution in [-0.2, 0) is 25.9 Å². The molecular weight excluding hydrogens is 390 g/mol. The average molecular weight is 412 g/mol. The molecule has 1 aliphatic rings.